The van der Waals surface area contributed by atoms with Crippen LogP contribution in [0.1, 0.15) is 2.74 Å². The molecular weight excluding hydrogens is 645 g/mol. The zero-order valence-corrected chi connectivity index (χ0v) is 27.5. The molecule has 5 aromatic heterocycles. The summed E-state index contributed by atoms with van der Waals surface area (Å²) >= 11 is 0. The zero-order valence-electron chi connectivity index (χ0n) is 29.5. The summed E-state index contributed by atoms with van der Waals surface area (Å²) in [6.07, 6.45) is 3.79. The number of hydrogen-bond acceptors (Lipinski definition) is 6. The first-order valence-electron chi connectivity index (χ1n) is 17.8. The van der Waals surface area contributed by atoms with Gasteiger partial charge in [-0.1, -0.05) is 48.5 Å². The summed E-state index contributed by atoms with van der Waals surface area (Å²) in [5.74, 6) is 4.14. The Morgan fingerprint density at radius 2 is 0.885 bits per heavy atom. The van der Waals surface area contributed by atoms with Gasteiger partial charge in [-0.3, -0.25) is 9.13 Å². The molecule has 0 bridgehead atoms. The van der Waals surface area contributed by atoms with Crippen molar-refractivity contribution in [2.45, 2.75) is 0 Å². The molecule has 5 aromatic carbocycles. The molecule has 0 radical (unpaired) electrons. The topological polar surface area (TPSA) is 79.9 Å². The fourth-order valence-electron chi connectivity index (χ4n) is 6.95. The lowest BCUT2D eigenvalue weighted by atomic mass is 10.1. The van der Waals surface area contributed by atoms with E-state index in [2.05, 4.69) is 65.5 Å². The van der Waals surface area contributed by atoms with Gasteiger partial charge in [-0.15, -0.1) is 0 Å². The van der Waals surface area contributed by atoms with Crippen molar-refractivity contribution in [1.29, 1.82) is 0 Å². The van der Waals surface area contributed by atoms with E-state index >= 15 is 0 Å². The van der Waals surface area contributed by atoms with Gasteiger partial charge in [0, 0.05) is 70.0 Å². The molecule has 52 heavy (non-hydrogen) atoms. The molecule has 0 aliphatic heterocycles. The fourth-order valence-corrected chi connectivity index (χ4v) is 6.95. The van der Waals surface area contributed by atoms with Crippen molar-refractivity contribution in [3.8, 4) is 46.0 Å². The van der Waals surface area contributed by atoms with Crippen LogP contribution in [0.25, 0.3) is 66.6 Å². The van der Waals surface area contributed by atoms with Crippen molar-refractivity contribution in [3.63, 3.8) is 0 Å². The Morgan fingerprint density at radius 3 is 1.40 bits per heavy atom. The van der Waals surface area contributed by atoms with Crippen molar-refractivity contribution in [1.82, 2.24) is 29.1 Å². The quantitative estimate of drug-likeness (QED) is 0.167. The minimum Gasteiger partial charge on any atom is -0.457 e. The van der Waals surface area contributed by atoms with Gasteiger partial charge in [0.2, 0.25) is 0 Å². The molecule has 0 atom stereocenters. The molecule has 0 saturated carbocycles. The second-order valence-electron chi connectivity index (χ2n) is 12.3. The third kappa shape index (κ3) is 5.09. The number of ether oxygens (including phenoxy) is 2. The number of pyridine rings is 2. The Morgan fingerprint density at radius 1 is 0.404 bits per heavy atom. The van der Waals surface area contributed by atoms with Crippen LogP contribution in [0.5, 0.6) is 23.0 Å². The van der Waals surface area contributed by atoms with Crippen molar-refractivity contribution in [2.24, 2.45) is 0 Å². The van der Waals surface area contributed by atoms with Crippen molar-refractivity contribution in [2.75, 3.05) is 0 Å². The lowest BCUT2D eigenvalue weighted by Gasteiger charge is -2.13. The Hall–Kier alpha value is -7.32. The first kappa shape index (κ1) is 27.5. The predicted molar refractivity (Wildman–Crippen MR) is 205 cm³/mol. The van der Waals surface area contributed by atoms with Crippen LogP contribution in [0.4, 0.5) is 0 Å². The van der Waals surface area contributed by atoms with Gasteiger partial charge in [0.05, 0.1) is 24.8 Å². The van der Waals surface area contributed by atoms with Crippen LogP contribution in [0.2, 0.25) is 0 Å². The van der Waals surface area contributed by atoms with E-state index in [4.69, 9.17) is 12.2 Å². The summed E-state index contributed by atoms with van der Waals surface area (Å²) in [6, 6.07) is 46.6. The Kier molecular flexibility index (Phi) is 6.46. The summed E-state index contributed by atoms with van der Waals surface area (Å²) in [6.45, 7) is 0. The van der Waals surface area contributed by atoms with Crippen LogP contribution in [0.3, 0.4) is 0 Å². The smallest absolute Gasteiger partial charge is 0.159 e. The fraction of sp³-hybridized carbons (Fsp3) is 0. The lowest BCUT2D eigenvalue weighted by Crippen LogP contribution is -1.97. The second kappa shape index (κ2) is 12.2. The average molecular weight is 675 g/mol. The monoisotopic (exact) mass is 674 g/mol. The lowest BCUT2D eigenvalue weighted by molar-refractivity contribution is 0.461. The maximum Gasteiger partial charge on any atom is 0.159 e. The van der Waals surface area contributed by atoms with E-state index in [1.54, 1.807) is 30.6 Å². The molecule has 10 aromatic rings. The van der Waals surface area contributed by atoms with E-state index in [0.29, 0.717) is 40.5 Å². The minimum atomic E-state index is 0.192. The van der Waals surface area contributed by atoms with E-state index in [1.807, 2.05) is 91.0 Å². The first-order chi connectivity index (χ1) is 26.6. The van der Waals surface area contributed by atoms with Gasteiger partial charge >= 0.3 is 0 Å². The Balaban J connectivity index is 1.07. The largest absolute Gasteiger partial charge is 0.457 e. The molecule has 10 rings (SSSR count). The summed E-state index contributed by atoms with van der Waals surface area (Å²) in [4.78, 5) is 18.1. The molecule has 8 heteroatoms. The number of fused-ring (bicyclic) bond motifs is 6. The highest BCUT2D eigenvalue weighted by Gasteiger charge is 2.17. The number of rotatable bonds is 7. The van der Waals surface area contributed by atoms with E-state index in [1.165, 1.54) is 0 Å². The van der Waals surface area contributed by atoms with Crippen LogP contribution < -0.4 is 9.47 Å². The number of para-hydroxylation sites is 2. The standard InChI is InChI=1S/C44H28N6O2/c1-3-12-38-34(10-1)36-18-16-30(27-40(36)49(38)42-14-5-7-20-45-42)51-32-24-29(44-47-22-9-23-48-44)25-33(26-32)52-31-17-19-37-35-11-2-4-13-39(35)50(41(37)28-31)43-15-6-8-21-46-43/h1-28H/i20D,21D. The van der Waals surface area contributed by atoms with E-state index < -0.39 is 0 Å². The summed E-state index contributed by atoms with van der Waals surface area (Å²) < 4.78 is 33.7. The minimum absolute atomic E-state index is 0.192. The average Bonchev–Trinajstić information content (AvgIpc) is 3.70. The number of benzene rings is 5. The van der Waals surface area contributed by atoms with E-state index in [0.717, 1.165) is 49.2 Å². The highest BCUT2D eigenvalue weighted by molar-refractivity contribution is 6.10. The SMILES string of the molecule is [2H]c1cccc(-n2c3ccccc3c3ccc(Oc4cc(Oc5ccc6c7ccccc7n(-c7cccc([2H])n7)c6c5)cc(-c5ncccn5)c4)cc32)n1. The summed E-state index contributed by atoms with van der Waals surface area (Å²) in [7, 11) is 0. The molecule has 0 aliphatic rings. The predicted octanol–water partition coefficient (Wildman–Crippen LogP) is 10.7. The Bertz CT molecular complexity index is 2870. The van der Waals surface area contributed by atoms with Crippen LogP contribution in [-0.4, -0.2) is 29.1 Å². The molecule has 0 N–H and O–H groups in total. The third-order valence-electron chi connectivity index (χ3n) is 9.11. The van der Waals surface area contributed by atoms with Gasteiger partial charge < -0.3 is 9.47 Å². The van der Waals surface area contributed by atoms with Gasteiger partial charge in [0.15, 0.2) is 5.82 Å². The van der Waals surface area contributed by atoms with Crippen molar-refractivity contribution in [3.05, 3.63) is 170 Å². The van der Waals surface area contributed by atoms with Crippen LogP contribution >= 0.6 is 0 Å². The van der Waals surface area contributed by atoms with Crippen molar-refractivity contribution < 1.29 is 12.2 Å². The van der Waals surface area contributed by atoms with Gasteiger partial charge in [-0.2, -0.15) is 0 Å². The number of hydrogen-bond donors (Lipinski definition) is 0. The molecule has 0 spiro atoms. The Labute approximate surface area is 300 Å². The second-order valence-corrected chi connectivity index (χ2v) is 12.3. The van der Waals surface area contributed by atoms with Gasteiger partial charge in [0.25, 0.3) is 0 Å². The highest BCUT2D eigenvalue weighted by atomic mass is 16.5. The summed E-state index contributed by atoms with van der Waals surface area (Å²) in [5, 5.41) is 4.25. The number of nitrogens with zero attached hydrogens (tertiary/aromatic N) is 6. The molecule has 5 heterocycles. The zero-order chi connectivity index (χ0) is 36.2. The van der Waals surface area contributed by atoms with Gasteiger partial charge in [-0.25, -0.2) is 19.9 Å². The van der Waals surface area contributed by atoms with Gasteiger partial charge in [0.1, 0.15) is 34.6 Å². The number of aromatic nitrogens is 6. The van der Waals surface area contributed by atoms with E-state index in [9.17, 15) is 0 Å². The van der Waals surface area contributed by atoms with Crippen LogP contribution in [-0.2, 0) is 0 Å². The van der Waals surface area contributed by atoms with Crippen molar-refractivity contribution >= 4 is 43.6 Å². The molecule has 0 aliphatic carbocycles. The molecular formula is C44H28N6O2. The molecule has 0 fully saturated rings. The third-order valence-corrected chi connectivity index (χ3v) is 9.11. The van der Waals surface area contributed by atoms with Crippen LogP contribution in [0, 0.1) is 0 Å². The van der Waals surface area contributed by atoms with E-state index in [-0.39, 0.29) is 12.3 Å². The normalized spacial score (nSPS) is 12.0. The molecule has 0 unspecified atom stereocenters. The van der Waals surface area contributed by atoms with Crippen LogP contribution in [0.15, 0.2) is 170 Å². The molecule has 0 amide bonds. The maximum absolute atomic E-state index is 8.18. The molecule has 8 nitrogen and oxygen atoms in total. The summed E-state index contributed by atoms with van der Waals surface area (Å²) in [5.41, 5.74) is 4.50. The van der Waals surface area contributed by atoms with Gasteiger partial charge in [-0.05, 0) is 78.9 Å². The first-order valence-corrected chi connectivity index (χ1v) is 16.8. The highest BCUT2D eigenvalue weighted by Crippen LogP contribution is 2.39. The maximum atomic E-state index is 8.18. The molecule has 0 saturated heterocycles. The molecule has 246 valence electrons.